The molecule has 0 aromatic heterocycles. The Kier molecular flexibility index (Phi) is 7.59. The van der Waals surface area contributed by atoms with Crippen LogP contribution in [0.15, 0.2) is 59.5 Å². The summed E-state index contributed by atoms with van der Waals surface area (Å²) in [6.45, 7) is 1.45. The van der Waals surface area contributed by atoms with Crippen LogP contribution in [0.25, 0.3) is 0 Å². The second-order valence-electron chi connectivity index (χ2n) is 6.81. The molecule has 1 atom stereocenters. The first-order valence-corrected chi connectivity index (χ1v) is 10.4. The molecule has 0 aliphatic heterocycles. The number of nitrogens with one attached hydrogen (secondary N) is 2. The molecular weight excluding hydrogens is 460 g/mol. The van der Waals surface area contributed by atoms with Gasteiger partial charge in [0.15, 0.2) is 23.3 Å². The molecule has 0 radical (unpaired) electrons. The minimum absolute atomic E-state index is 0.0593. The number of amides is 2. The number of thioether (sulfide) groups is 1. The Bertz CT molecular complexity index is 1180. The molecule has 2 N–H and O–H groups in total. The van der Waals surface area contributed by atoms with Gasteiger partial charge in [-0.25, -0.2) is 17.6 Å². The van der Waals surface area contributed by atoms with Crippen LogP contribution in [-0.2, 0) is 4.79 Å². The topological polar surface area (TPSA) is 67.4 Å². The Labute approximate surface area is 191 Å². The largest absolute Gasteiger partial charge is 0.497 e. The van der Waals surface area contributed by atoms with Crippen LogP contribution in [-0.4, -0.2) is 24.2 Å². The number of halogens is 4. The van der Waals surface area contributed by atoms with E-state index in [4.69, 9.17) is 4.74 Å². The summed E-state index contributed by atoms with van der Waals surface area (Å²) < 4.78 is 59.4. The van der Waals surface area contributed by atoms with Crippen LogP contribution in [0, 0.1) is 23.3 Å². The molecule has 0 heterocycles. The molecule has 3 aromatic rings. The molecule has 0 saturated heterocycles. The minimum Gasteiger partial charge on any atom is -0.497 e. The normalized spacial score (nSPS) is 11.6. The lowest BCUT2D eigenvalue weighted by Gasteiger charge is -2.14. The Hall–Kier alpha value is -3.53. The lowest BCUT2D eigenvalue weighted by Crippen LogP contribution is -2.24. The third-order valence-electron chi connectivity index (χ3n) is 4.47. The van der Waals surface area contributed by atoms with Crippen molar-refractivity contribution < 1.29 is 31.9 Å². The van der Waals surface area contributed by atoms with Crippen LogP contribution in [0.5, 0.6) is 5.75 Å². The first-order chi connectivity index (χ1) is 15.7. The van der Waals surface area contributed by atoms with Crippen LogP contribution in [0.4, 0.5) is 28.9 Å². The van der Waals surface area contributed by atoms with E-state index in [0.717, 1.165) is 11.8 Å². The summed E-state index contributed by atoms with van der Waals surface area (Å²) >= 11 is 1.02. The molecule has 0 saturated carbocycles. The predicted molar refractivity (Wildman–Crippen MR) is 118 cm³/mol. The fourth-order valence-electron chi connectivity index (χ4n) is 2.78. The van der Waals surface area contributed by atoms with Gasteiger partial charge in [0, 0.05) is 22.2 Å². The van der Waals surface area contributed by atoms with Crippen molar-refractivity contribution in [2.24, 2.45) is 0 Å². The molecule has 172 valence electrons. The molecule has 3 rings (SSSR count). The SMILES string of the molecule is COc1cccc(C(=O)Nc2cccc(SC(C)C(=O)Nc3c(F)c(F)cc(F)c3F)c2)c1. The first-order valence-electron chi connectivity index (χ1n) is 9.55. The van der Waals surface area contributed by atoms with Crippen LogP contribution in [0.2, 0.25) is 0 Å². The zero-order valence-electron chi connectivity index (χ0n) is 17.4. The molecule has 0 bridgehead atoms. The number of carbonyl (C=O) groups excluding carboxylic acids is 2. The second kappa shape index (κ2) is 10.4. The lowest BCUT2D eigenvalue weighted by atomic mass is 10.2. The van der Waals surface area contributed by atoms with Crippen molar-refractivity contribution >= 4 is 35.0 Å². The van der Waals surface area contributed by atoms with Crippen LogP contribution < -0.4 is 15.4 Å². The summed E-state index contributed by atoms with van der Waals surface area (Å²) in [6.07, 6.45) is 0. The molecule has 10 heteroatoms. The molecule has 5 nitrogen and oxygen atoms in total. The summed E-state index contributed by atoms with van der Waals surface area (Å²) in [5, 5.41) is 3.73. The van der Waals surface area contributed by atoms with Crippen molar-refractivity contribution in [1.29, 1.82) is 0 Å². The highest BCUT2D eigenvalue weighted by atomic mass is 32.2. The van der Waals surface area contributed by atoms with E-state index in [1.165, 1.54) is 14.0 Å². The molecule has 2 amide bonds. The summed E-state index contributed by atoms with van der Waals surface area (Å²) in [5.74, 6) is -7.34. The smallest absolute Gasteiger partial charge is 0.255 e. The predicted octanol–water partition coefficient (Wildman–Crippen LogP) is 5.62. The van der Waals surface area contributed by atoms with E-state index in [9.17, 15) is 27.2 Å². The van der Waals surface area contributed by atoms with Gasteiger partial charge < -0.3 is 15.4 Å². The maximum Gasteiger partial charge on any atom is 0.255 e. The van der Waals surface area contributed by atoms with Crippen LogP contribution >= 0.6 is 11.8 Å². The number of hydrogen-bond donors (Lipinski definition) is 2. The standard InChI is InChI=1S/C23H18F4N2O3S/c1-12(22(30)29-21-19(26)17(24)11-18(25)20(21)27)33-16-8-4-6-14(10-16)28-23(31)13-5-3-7-15(9-13)32-2/h3-12H,1-2H3,(H,28,31)(H,29,30). The Morgan fingerprint density at radius 1 is 0.909 bits per heavy atom. The van der Waals surface area contributed by atoms with E-state index in [1.54, 1.807) is 48.5 Å². The number of methoxy groups -OCH3 is 1. The first kappa shape index (κ1) is 24.1. The van der Waals surface area contributed by atoms with E-state index in [1.807, 2.05) is 5.32 Å². The maximum atomic E-state index is 13.8. The number of hydrogen-bond acceptors (Lipinski definition) is 4. The average Bonchev–Trinajstić information content (AvgIpc) is 2.80. The van der Waals surface area contributed by atoms with Gasteiger partial charge in [0.1, 0.15) is 11.4 Å². The quantitative estimate of drug-likeness (QED) is 0.263. The number of benzene rings is 3. The van der Waals surface area contributed by atoms with Gasteiger partial charge >= 0.3 is 0 Å². The van der Waals surface area contributed by atoms with E-state index in [-0.39, 0.29) is 12.0 Å². The number of ether oxygens (including phenoxy) is 1. The van der Waals surface area contributed by atoms with E-state index < -0.39 is 40.1 Å². The molecule has 0 aliphatic carbocycles. The Balaban J connectivity index is 1.68. The van der Waals surface area contributed by atoms with E-state index in [2.05, 4.69) is 5.32 Å². The van der Waals surface area contributed by atoms with Crippen molar-refractivity contribution in [2.75, 3.05) is 17.7 Å². The molecule has 33 heavy (non-hydrogen) atoms. The van der Waals surface area contributed by atoms with Crippen LogP contribution in [0.3, 0.4) is 0 Å². The lowest BCUT2D eigenvalue weighted by molar-refractivity contribution is -0.115. The summed E-state index contributed by atoms with van der Waals surface area (Å²) in [5.41, 5.74) is -0.361. The molecule has 0 fully saturated rings. The van der Waals surface area contributed by atoms with Gasteiger partial charge in [-0.15, -0.1) is 11.8 Å². The number of anilines is 2. The molecule has 3 aromatic carbocycles. The summed E-state index contributed by atoms with van der Waals surface area (Å²) in [6, 6.07) is 13.2. The van der Waals surface area contributed by atoms with Gasteiger partial charge in [0.2, 0.25) is 5.91 Å². The molecule has 1 unspecified atom stereocenters. The fraction of sp³-hybridized carbons (Fsp3) is 0.130. The molecular formula is C23H18F4N2O3S. The van der Waals surface area contributed by atoms with Crippen molar-refractivity contribution in [3.8, 4) is 5.75 Å². The van der Waals surface area contributed by atoms with Crippen molar-refractivity contribution in [3.63, 3.8) is 0 Å². The van der Waals surface area contributed by atoms with Gasteiger partial charge in [0.05, 0.1) is 12.4 Å². The van der Waals surface area contributed by atoms with Crippen molar-refractivity contribution in [2.45, 2.75) is 17.1 Å². The highest BCUT2D eigenvalue weighted by Gasteiger charge is 2.23. The zero-order chi connectivity index (χ0) is 24.1. The Morgan fingerprint density at radius 3 is 2.24 bits per heavy atom. The maximum absolute atomic E-state index is 13.8. The van der Waals surface area contributed by atoms with Gasteiger partial charge in [0.25, 0.3) is 5.91 Å². The molecule has 0 aliphatic rings. The van der Waals surface area contributed by atoms with Gasteiger partial charge in [-0.3, -0.25) is 9.59 Å². The zero-order valence-corrected chi connectivity index (χ0v) is 18.2. The van der Waals surface area contributed by atoms with Crippen molar-refractivity contribution in [3.05, 3.63) is 83.4 Å². The summed E-state index contributed by atoms with van der Waals surface area (Å²) in [7, 11) is 1.49. The minimum atomic E-state index is -1.69. The van der Waals surface area contributed by atoms with E-state index in [0.29, 0.717) is 21.9 Å². The fourth-order valence-corrected chi connectivity index (χ4v) is 3.71. The number of rotatable bonds is 7. The average molecular weight is 478 g/mol. The van der Waals surface area contributed by atoms with Crippen molar-refractivity contribution in [1.82, 2.24) is 0 Å². The van der Waals surface area contributed by atoms with Crippen LogP contribution in [0.1, 0.15) is 17.3 Å². The third kappa shape index (κ3) is 5.83. The van der Waals surface area contributed by atoms with Gasteiger partial charge in [-0.1, -0.05) is 12.1 Å². The Morgan fingerprint density at radius 2 is 1.58 bits per heavy atom. The molecule has 0 spiro atoms. The number of carbonyl (C=O) groups is 2. The highest BCUT2D eigenvalue weighted by Crippen LogP contribution is 2.29. The monoisotopic (exact) mass is 478 g/mol. The van der Waals surface area contributed by atoms with Gasteiger partial charge in [-0.05, 0) is 43.3 Å². The van der Waals surface area contributed by atoms with Gasteiger partial charge in [-0.2, -0.15) is 0 Å². The summed E-state index contributed by atoms with van der Waals surface area (Å²) in [4.78, 5) is 25.4. The van der Waals surface area contributed by atoms with E-state index >= 15 is 0 Å². The second-order valence-corrected chi connectivity index (χ2v) is 8.22. The highest BCUT2D eigenvalue weighted by molar-refractivity contribution is 8.00. The third-order valence-corrected chi connectivity index (χ3v) is 5.56.